The quantitative estimate of drug-likeness (QED) is 0.551. The van der Waals surface area contributed by atoms with Crippen LogP contribution in [0.3, 0.4) is 0 Å². The molecule has 2 aromatic rings. The fourth-order valence-electron chi connectivity index (χ4n) is 4.05. The zero-order valence-corrected chi connectivity index (χ0v) is 20.2. The lowest BCUT2D eigenvalue weighted by Crippen LogP contribution is -2.20. The molecule has 1 aromatic carbocycles. The summed E-state index contributed by atoms with van der Waals surface area (Å²) < 4.78 is 16.1. The largest absolute Gasteiger partial charge is 0.497 e. The lowest BCUT2D eigenvalue weighted by Gasteiger charge is -2.21. The highest BCUT2D eigenvalue weighted by Gasteiger charge is 2.37. The maximum atomic E-state index is 12.3. The van der Waals surface area contributed by atoms with Crippen molar-refractivity contribution in [3.63, 3.8) is 0 Å². The van der Waals surface area contributed by atoms with Crippen LogP contribution < -0.4 is 4.74 Å². The number of benzene rings is 1. The number of carbonyl (C=O) groups excluding carboxylic acids is 2. The normalized spacial score (nSPS) is 16.9. The Kier molecular flexibility index (Phi) is 7.41. The van der Waals surface area contributed by atoms with Crippen LogP contribution in [0.2, 0.25) is 0 Å². The average Bonchev–Trinajstić information content (AvgIpc) is 3.32. The number of hydrogen-bond acceptors (Lipinski definition) is 6. The third-order valence-corrected chi connectivity index (χ3v) is 5.74. The van der Waals surface area contributed by atoms with E-state index in [1.807, 2.05) is 37.3 Å². The second-order valence-corrected chi connectivity index (χ2v) is 8.62. The molecule has 3 rings (SSSR count). The van der Waals surface area contributed by atoms with Gasteiger partial charge in [0.1, 0.15) is 5.75 Å². The van der Waals surface area contributed by atoms with Crippen molar-refractivity contribution in [3.8, 4) is 5.75 Å². The second kappa shape index (κ2) is 10.1. The molecule has 1 atom stereocenters. The van der Waals surface area contributed by atoms with Crippen molar-refractivity contribution in [3.05, 3.63) is 58.5 Å². The molecule has 2 heterocycles. The molecule has 0 saturated carbocycles. The lowest BCUT2D eigenvalue weighted by atomic mass is 9.84. The summed E-state index contributed by atoms with van der Waals surface area (Å²) >= 11 is 0. The number of nitrogens with zero attached hydrogens (tertiary/aromatic N) is 1. The van der Waals surface area contributed by atoms with Gasteiger partial charge in [0.2, 0.25) is 0 Å². The minimum atomic E-state index is -0.581. The van der Waals surface area contributed by atoms with E-state index in [0.717, 1.165) is 34.0 Å². The number of aromatic nitrogens is 1. The standard InChI is InChI=1S/C26H32N2O5/c1-7-19-20(25(30)32-8-2)15-27-21(19)13-23-26(4,5)14-22(28-23)24(33-16(3)29)17-9-11-18(31-6)12-10-17/h9-13,15,24,27H,7-8,14H2,1-6H3/b23-13-. The number of allylic oxidation sites excluding steroid dienone is 1. The number of ether oxygens (including phenoxy) is 3. The van der Waals surface area contributed by atoms with Crippen molar-refractivity contribution in [1.29, 1.82) is 0 Å². The van der Waals surface area contributed by atoms with Crippen LogP contribution in [0, 0.1) is 5.41 Å². The second-order valence-electron chi connectivity index (χ2n) is 8.62. The molecule has 0 amide bonds. The Hall–Kier alpha value is -3.35. The molecule has 33 heavy (non-hydrogen) atoms. The molecule has 0 aliphatic carbocycles. The van der Waals surface area contributed by atoms with E-state index in [2.05, 4.69) is 18.8 Å². The van der Waals surface area contributed by atoms with Gasteiger partial charge in [0.25, 0.3) is 0 Å². The molecule has 1 aliphatic rings. The predicted octanol–water partition coefficient (Wildman–Crippen LogP) is 5.28. The number of carbonyl (C=O) groups is 2. The van der Waals surface area contributed by atoms with Gasteiger partial charge >= 0.3 is 11.9 Å². The minimum Gasteiger partial charge on any atom is -0.497 e. The maximum absolute atomic E-state index is 12.3. The SMILES string of the molecule is CCOC(=O)c1c[nH]c(/C=C2\N=C(C(OC(C)=O)c3ccc(OC)cc3)CC2(C)C)c1CC. The van der Waals surface area contributed by atoms with E-state index < -0.39 is 6.10 Å². The number of aromatic amines is 1. The molecule has 7 heteroatoms. The molecule has 1 N–H and O–H groups in total. The third kappa shape index (κ3) is 5.35. The smallest absolute Gasteiger partial charge is 0.339 e. The number of aliphatic imine (C=N–C) groups is 1. The molecule has 0 bridgehead atoms. The van der Waals surface area contributed by atoms with Crippen LogP contribution >= 0.6 is 0 Å². The average molecular weight is 453 g/mol. The number of esters is 2. The summed E-state index contributed by atoms with van der Waals surface area (Å²) in [6.45, 7) is 9.73. The highest BCUT2D eigenvalue weighted by Crippen LogP contribution is 2.42. The van der Waals surface area contributed by atoms with Crippen LogP contribution in [-0.4, -0.2) is 36.4 Å². The van der Waals surface area contributed by atoms with Crippen molar-refractivity contribution < 1.29 is 23.8 Å². The van der Waals surface area contributed by atoms with Crippen LogP contribution in [0.15, 0.2) is 41.2 Å². The fourth-order valence-corrected chi connectivity index (χ4v) is 4.05. The first-order valence-electron chi connectivity index (χ1n) is 11.2. The Morgan fingerprint density at radius 3 is 2.48 bits per heavy atom. The summed E-state index contributed by atoms with van der Waals surface area (Å²) in [7, 11) is 1.61. The van der Waals surface area contributed by atoms with Gasteiger partial charge in [0, 0.05) is 36.3 Å². The third-order valence-electron chi connectivity index (χ3n) is 5.74. The summed E-state index contributed by atoms with van der Waals surface area (Å²) in [5, 5.41) is 0. The van der Waals surface area contributed by atoms with E-state index >= 15 is 0 Å². The molecule has 1 unspecified atom stereocenters. The number of H-pyrrole nitrogens is 1. The molecular formula is C26H32N2O5. The van der Waals surface area contributed by atoms with Gasteiger partial charge in [-0.25, -0.2) is 4.79 Å². The molecule has 1 aromatic heterocycles. The van der Waals surface area contributed by atoms with Crippen LogP contribution in [0.25, 0.3) is 6.08 Å². The number of rotatable bonds is 8. The summed E-state index contributed by atoms with van der Waals surface area (Å²) in [5.74, 6) is 0.0239. The van der Waals surface area contributed by atoms with Crippen LogP contribution in [0.1, 0.15) is 74.3 Å². The van der Waals surface area contributed by atoms with Crippen LogP contribution in [0.5, 0.6) is 5.75 Å². The van der Waals surface area contributed by atoms with Crippen molar-refractivity contribution in [2.24, 2.45) is 10.4 Å². The zero-order valence-electron chi connectivity index (χ0n) is 20.2. The first-order valence-corrected chi connectivity index (χ1v) is 11.2. The molecule has 7 nitrogen and oxygen atoms in total. The number of nitrogens with one attached hydrogen (secondary N) is 1. The van der Waals surface area contributed by atoms with E-state index in [4.69, 9.17) is 19.2 Å². The van der Waals surface area contributed by atoms with Crippen LogP contribution in [0.4, 0.5) is 0 Å². The first-order chi connectivity index (χ1) is 15.7. The molecular weight excluding hydrogens is 420 g/mol. The van der Waals surface area contributed by atoms with Crippen molar-refractivity contribution in [2.45, 2.75) is 53.6 Å². The van der Waals surface area contributed by atoms with E-state index in [0.29, 0.717) is 25.0 Å². The van der Waals surface area contributed by atoms with Crippen molar-refractivity contribution in [1.82, 2.24) is 4.98 Å². The van der Waals surface area contributed by atoms with E-state index in [9.17, 15) is 9.59 Å². The monoisotopic (exact) mass is 452 g/mol. The van der Waals surface area contributed by atoms with Gasteiger partial charge in [-0.3, -0.25) is 9.79 Å². The van der Waals surface area contributed by atoms with Gasteiger partial charge in [-0.2, -0.15) is 0 Å². The predicted molar refractivity (Wildman–Crippen MR) is 127 cm³/mol. The highest BCUT2D eigenvalue weighted by molar-refractivity contribution is 5.96. The fraction of sp³-hybridized carbons (Fsp3) is 0.423. The molecule has 0 radical (unpaired) electrons. The first kappa shape index (κ1) is 24.3. The van der Waals surface area contributed by atoms with Gasteiger partial charge in [-0.15, -0.1) is 0 Å². The molecule has 0 spiro atoms. The Bertz CT molecular complexity index is 1080. The topological polar surface area (TPSA) is 90.0 Å². The van der Waals surface area contributed by atoms with Gasteiger partial charge in [0.05, 0.1) is 25.0 Å². The molecule has 0 saturated heterocycles. The summed E-state index contributed by atoms with van der Waals surface area (Å²) in [6.07, 6.45) is 4.40. The highest BCUT2D eigenvalue weighted by atomic mass is 16.5. The maximum Gasteiger partial charge on any atom is 0.339 e. The van der Waals surface area contributed by atoms with Crippen molar-refractivity contribution in [2.75, 3.05) is 13.7 Å². The Labute approximate surface area is 194 Å². The van der Waals surface area contributed by atoms with E-state index in [1.54, 1.807) is 20.2 Å². The summed E-state index contributed by atoms with van der Waals surface area (Å²) in [5.41, 5.74) is 4.47. The zero-order chi connectivity index (χ0) is 24.2. The molecule has 1 aliphatic heterocycles. The van der Waals surface area contributed by atoms with E-state index in [1.165, 1.54) is 6.92 Å². The van der Waals surface area contributed by atoms with E-state index in [-0.39, 0.29) is 17.4 Å². The van der Waals surface area contributed by atoms with Gasteiger partial charge in [-0.1, -0.05) is 32.9 Å². The lowest BCUT2D eigenvalue weighted by molar-refractivity contribution is -0.143. The number of methoxy groups -OCH3 is 1. The Morgan fingerprint density at radius 2 is 1.91 bits per heavy atom. The van der Waals surface area contributed by atoms with Gasteiger partial charge in [-0.05, 0) is 42.7 Å². The number of hydrogen-bond donors (Lipinski definition) is 1. The molecule has 0 fully saturated rings. The summed E-state index contributed by atoms with van der Waals surface area (Å²) in [4.78, 5) is 32.3. The summed E-state index contributed by atoms with van der Waals surface area (Å²) in [6, 6.07) is 7.45. The molecule has 176 valence electrons. The van der Waals surface area contributed by atoms with Gasteiger partial charge in [0.15, 0.2) is 6.10 Å². The van der Waals surface area contributed by atoms with Crippen molar-refractivity contribution >= 4 is 23.7 Å². The van der Waals surface area contributed by atoms with Gasteiger partial charge < -0.3 is 19.2 Å². The Morgan fingerprint density at radius 1 is 1.21 bits per heavy atom. The Balaban J connectivity index is 2.00. The minimum absolute atomic E-state index is 0.277. The van der Waals surface area contributed by atoms with Crippen LogP contribution in [-0.2, 0) is 20.7 Å².